The quantitative estimate of drug-likeness (QED) is 0.942. The number of rotatable bonds is 3. The van der Waals surface area contributed by atoms with Crippen molar-refractivity contribution in [1.82, 2.24) is 15.0 Å². The Bertz CT molecular complexity index is 506. The Labute approximate surface area is 107 Å². The zero-order chi connectivity index (χ0) is 12.4. The lowest BCUT2D eigenvalue weighted by atomic mass is 10.0. The van der Waals surface area contributed by atoms with Crippen LogP contribution in [-0.4, -0.2) is 15.0 Å². The van der Waals surface area contributed by atoms with Gasteiger partial charge in [-0.25, -0.2) is 9.07 Å². The molecule has 0 amide bonds. The molecule has 0 aliphatic carbocycles. The zero-order valence-corrected chi connectivity index (χ0v) is 10.9. The lowest BCUT2D eigenvalue weighted by Crippen LogP contribution is -2.18. The topological polar surface area (TPSA) is 56.7 Å². The highest BCUT2D eigenvalue weighted by Crippen LogP contribution is 2.22. The van der Waals surface area contributed by atoms with Crippen LogP contribution in [0, 0.1) is 5.82 Å². The molecule has 4 nitrogen and oxygen atoms in total. The summed E-state index contributed by atoms with van der Waals surface area (Å²) in [6.07, 6.45) is 0.409. The van der Waals surface area contributed by atoms with E-state index in [1.807, 2.05) is 0 Å². The Morgan fingerprint density at radius 2 is 2.18 bits per heavy atom. The summed E-state index contributed by atoms with van der Waals surface area (Å²) in [5, 5.41) is 7.70. The molecular weight excluding hydrogens is 287 g/mol. The van der Waals surface area contributed by atoms with E-state index in [4.69, 9.17) is 5.73 Å². The molecule has 17 heavy (non-hydrogen) atoms. The minimum Gasteiger partial charge on any atom is -0.322 e. The fourth-order valence-electron chi connectivity index (χ4n) is 1.73. The van der Waals surface area contributed by atoms with Crippen molar-refractivity contribution in [2.45, 2.75) is 12.5 Å². The van der Waals surface area contributed by atoms with Crippen molar-refractivity contribution in [2.75, 3.05) is 0 Å². The number of nitrogens with two attached hydrogens (primary N) is 1. The number of hydrogen-bond donors (Lipinski definition) is 1. The Kier molecular flexibility index (Phi) is 3.54. The number of nitrogens with zero attached hydrogens (tertiary/aromatic N) is 3. The molecule has 0 bridgehead atoms. The van der Waals surface area contributed by atoms with Crippen LogP contribution >= 0.6 is 15.9 Å². The third-order valence-corrected chi connectivity index (χ3v) is 3.14. The van der Waals surface area contributed by atoms with Crippen LogP contribution in [0.4, 0.5) is 4.39 Å². The number of aryl methyl sites for hydroxylation is 1. The summed E-state index contributed by atoms with van der Waals surface area (Å²) in [6, 6.07) is 6.26. The SMILES string of the molecule is Cn1nnc(Br)c1C(N)Cc1ccccc1F. The van der Waals surface area contributed by atoms with Gasteiger partial charge < -0.3 is 5.73 Å². The van der Waals surface area contributed by atoms with Crippen LogP contribution in [0.2, 0.25) is 0 Å². The van der Waals surface area contributed by atoms with Crippen molar-refractivity contribution in [3.05, 3.63) is 45.9 Å². The van der Waals surface area contributed by atoms with Crippen molar-refractivity contribution in [2.24, 2.45) is 12.8 Å². The van der Waals surface area contributed by atoms with Gasteiger partial charge in [-0.05, 0) is 34.0 Å². The standard InChI is InChI=1S/C11H12BrFN4/c1-17-10(11(12)15-16-17)9(14)6-7-4-2-3-5-8(7)13/h2-5,9H,6,14H2,1H3. The fourth-order valence-corrected chi connectivity index (χ4v) is 2.35. The Hall–Kier alpha value is -1.27. The van der Waals surface area contributed by atoms with Crippen LogP contribution < -0.4 is 5.73 Å². The van der Waals surface area contributed by atoms with Gasteiger partial charge >= 0.3 is 0 Å². The molecule has 0 aliphatic rings. The van der Waals surface area contributed by atoms with Crippen molar-refractivity contribution < 1.29 is 4.39 Å². The molecule has 1 heterocycles. The van der Waals surface area contributed by atoms with Crippen LogP contribution in [-0.2, 0) is 13.5 Å². The van der Waals surface area contributed by atoms with Gasteiger partial charge in [0.15, 0.2) is 4.60 Å². The summed E-state index contributed by atoms with van der Waals surface area (Å²) >= 11 is 3.28. The van der Waals surface area contributed by atoms with E-state index >= 15 is 0 Å². The van der Waals surface area contributed by atoms with Crippen molar-refractivity contribution in [3.63, 3.8) is 0 Å². The van der Waals surface area contributed by atoms with E-state index in [0.717, 1.165) is 5.69 Å². The highest BCUT2D eigenvalue weighted by Gasteiger charge is 2.17. The lowest BCUT2D eigenvalue weighted by Gasteiger charge is -2.12. The second kappa shape index (κ2) is 4.93. The summed E-state index contributed by atoms with van der Waals surface area (Å²) in [7, 11) is 1.76. The van der Waals surface area contributed by atoms with E-state index in [-0.39, 0.29) is 11.9 Å². The van der Waals surface area contributed by atoms with E-state index < -0.39 is 0 Å². The van der Waals surface area contributed by atoms with Gasteiger partial charge in [0, 0.05) is 7.05 Å². The molecule has 1 atom stereocenters. The van der Waals surface area contributed by atoms with E-state index in [1.165, 1.54) is 6.07 Å². The molecule has 2 rings (SSSR count). The molecule has 0 aliphatic heterocycles. The van der Waals surface area contributed by atoms with Gasteiger partial charge in [-0.15, -0.1) is 5.10 Å². The van der Waals surface area contributed by atoms with Crippen LogP contribution in [0.3, 0.4) is 0 Å². The second-order valence-electron chi connectivity index (χ2n) is 3.79. The van der Waals surface area contributed by atoms with Gasteiger partial charge in [-0.2, -0.15) is 0 Å². The summed E-state index contributed by atoms with van der Waals surface area (Å²) in [4.78, 5) is 0. The molecule has 0 saturated heterocycles. The molecule has 6 heteroatoms. The predicted octanol–water partition coefficient (Wildman–Crippen LogP) is 1.96. The molecule has 0 fully saturated rings. The smallest absolute Gasteiger partial charge is 0.153 e. The number of hydrogen-bond acceptors (Lipinski definition) is 3. The highest BCUT2D eigenvalue weighted by atomic mass is 79.9. The Morgan fingerprint density at radius 3 is 2.76 bits per heavy atom. The monoisotopic (exact) mass is 298 g/mol. The molecule has 0 radical (unpaired) electrons. The Balaban J connectivity index is 2.23. The van der Waals surface area contributed by atoms with Crippen LogP contribution in [0.25, 0.3) is 0 Å². The summed E-state index contributed by atoms with van der Waals surface area (Å²) < 4.78 is 15.7. The van der Waals surface area contributed by atoms with Crippen molar-refractivity contribution in [3.8, 4) is 0 Å². The van der Waals surface area contributed by atoms with Crippen LogP contribution in [0.1, 0.15) is 17.3 Å². The Morgan fingerprint density at radius 1 is 1.47 bits per heavy atom. The van der Waals surface area contributed by atoms with Gasteiger partial charge in [0.25, 0.3) is 0 Å². The lowest BCUT2D eigenvalue weighted by molar-refractivity contribution is 0.570. The molecule has 0 saturated carbocycles. The molecule has 90 valence electrons. The molecule has 1 aromatic carbocycles. The average Bonchev–Trinajstić information content (AvgIpc) is 2.62. The predicted molar refractivity (Wildman–Crippen MR) is 65.7 cm³/mol. The van der Waals surface area contributed by atoms with Crippen LogP contribution in [0.5, 0.6) is 0 Å². The fraction of sp³-hybridized carbons (Fsp3) is 0.273. The largest absolute Gasteiger partial charge is 0.322 e. The van der Waals surface area contributed by atoms with E-state index in [1.54, 1.807) is 29.9 Å². The third-order valence-electron chi connectivity index (χ3n) is 2.58. The van der Waals surface area contributed by atoms with Crippen LogP contribution in [0.15, 0.2) is 28.9 Å². The van der Waals surface area contributed by atoms with E-state index in [0.29, 0.717) is 16.6 Å². The molecule has 1 unspecified atom stereocenters. The van der Waals surface area contributed by atoms with Gasteiger partial charge in [-0.1, -0.05) is 23.4 Å². The molecule has 1 aromatic heterocycles. The first-order valence-electron chi connectivity index (χ1n) is 5.13. The molecule has 2 aromatic rings. The second-order valence-corrected chi connectivity index (χ2v) is 4.54. The van der Waals surface area contributed by atoms with Gasteiger partial charge in [-0.3, -0.25) is 0 Å². The minimum absolute atomic E-state index is 0.241. The first-order chi connectivity index (χ1) is 8.09. The molecule has 0 spiro atoms. The highest BCUT2D eigenvalue weighted by molar-refractivity contribution is 9.10. The summed E-state index contributed by atoms with van der Waals surface area (Å²) in [5.41, 5.74) is 7.39. The zero-order valence-electron chi connectivity index (χ0n) is 9.27. The maximum Gasteiger partial charge on any atom is 0.153 e. The number of benzene rings is 1. The average molecular weight is 299 g/mol. The summed E-state index contributed by atoms with van der Waals surface area (Å²) in [6.45, 7) is 0. The normalized spacial score (nSPS) is 12.7. The molecular formula is C11H12BrFN4. The third kappa shape index (κ3) is 2.53. The van der Waals surface area contributed by atoms with Crippen molar-refractivity contribution >= 4 is 15.9 Å². The number of halogens is 2. The maximum atomic E-state index is 13.5. The van der Waals surface area contributed by atoms with Gasteiger partial charge in [0.05, 0.1) is 11.7 Å². The maximum absolute atomic E-state index is 13.5. The summed E-state index contributed by atoms with van der Waals surface area (Å²) in [5.74, 6) is -0.241. The molecule has 2 N–H and O–H groups in total. The minimum atomic E-state index is -0.346. The van der Waals surface area contributed by atoms with Gasteiger partial charge in [0.2, 0.25) is 0 Å². The first-order valence-corrected chi connectivity index (χ1v) is 5.93. The first kappa shape index (κ1) is 12.2. The van der Waals surface area contributed by atoms with E-state index in [9.17, 15) is 4.39 Å². The van der Waals surface area contributed by atoms with Gasteiger partial charge in [0.1, 0.15) is 5.82 Å². The number of aromatic nitrogens is 3. The van der Waals surface area contributed by atoms with E-state index in [2.05, 4.69) is 26.2 Å². The van der Waals surface area contributed by atoms with Crippen molar-refractivity contribution in [1.29, 1.82) is 0 Å².